The Labute approximate surface area is 128 Å². The molecule has 0 saturated heterocycles. The summed E-state index contributed by atoms with van der Waals surface area (Å²) in [5.41, 5.74) is 1.23. The van der Waals surface area contributed by atoms with E-state index in [0.717, 1.165) is 5.56 Å². The number of anilines is 1. The Morgan fingerprint density at radius 2 is 1.95 bits per heavy atom. The van der Waals surface area contributed by atoms with E-state index in [0.29, 0.717) is 18.5 Å². The molecule has 0 fully saturated rings. The summed E-state index contributed by atoms with van der Waals surface area (Å²) in [4.78, 5) is 11.0. The van der Waals surface area contributed by atoms with E-state index < -0.39 is 21.9 Å². The van der Waals surface area contributed by atoms with Crippen LogP contribution < -0.4 is 4.72 Å². The van der Waals surface area contributed by atoms with Gasteiger partial charge < -0.3 is 9.52 Å². The summed E-state index contributed by atoms with van der Waals surface area (Å²) in [7, 11) is -3.73. The fraction of sp³-hybridized carbons (Fsp3) is 0.267. The highest BCUT2D eigenvalue weighted by atomic mass is 32.2. The van der Waals surface area contributed by atoms with Crippen LogP contribution in [0.4, 0.5) is 5.69 Å². The lowest BCUT2D eigenvalue weighted by atomic mass is 9.97. The summed E-state index contributed by atoms with van der Waals surface area (Å²) >= 11 is 0. The molecule has 0 unspecified atom stereocenters. The normalized spacial score (nSPS) is 12.8. The third-order valence-corrected chi connectivity index (χ3v) is 4.56. The number of carboxylic acids is 1. The van der Waals surface area contributed by atoms with Gasteiger partial charge in [-0.3, -0.25) is 9.52 Å². The molecule has 0 spiro atoms. The zero-order valence-corrected chi connectivity index (χ0v) is 12.8. The van der Waals surface area contributed by atoms with Crippen molar-refractivity contribution >= 4 is 21.7 Å². The Balaban J connectivity index is 2.08. The first-order chi connectivity index (χ1) is 10.4. The highest BCUT2D eigenvalue weighted by molar-refractivity contribution is 7.92. The van der Waals surface area contributed by atoms with Gasteiger partial charge in [0.05, 0.1) is 12.2 Å². The van der Waals surface area contributed by atoms with Gasteiger partial charge in [-0.15, -0.1) is 0 Å². The first-order valence-corrected chi connectivity index (χ1v) is 8.28. The molecular weight excluding hydrogens is 306 g/mol. The van der Waals surface area contributed by atoms with Gasteiger partial charge in [-0.2, -0.15) is 8.42 Å². The van der Waals surface area contributed by atoms with Crippen LogP contribution >= 0.6 is 0 Å². The van der Waals surface area contributed by atoms with Gasteiger partial charge >= 0.3 is 5.97 Å². The van der Waals surface area contributed by atoms with E-state index in [-0.39, 0.29) is 5.09 Å². The van der Waals surface area contributed by atoms with Gasteiger partial charge in [-0.05, 0) is 42.7 Å². The van der Waals surface area contributed by atoms with Gasteiger partial charge in [-0.25, -0.2) is 0 Å². The van der Waals surface area contributed by atoms with Crippen LogP contribution in [0.25, 0.3) is 0 Å². The number of sulfonamides is 1. The van der Waals surface area contributed by atoms with Crippen LogP contribution in [0.15, 0.2) is 52.2 Å². The third-order valence-electron chi connectivity index (χ3n) is 3.29. The van der Waals surface area contributed by atoms with E-state index in [2.05, 4.69) is 4.72 Å². The Bertz CT molecular complexity index is 720. The number of hydrogen-bond acceptors (Lipinski definition) is 4. The molecule has 0 amide bonds. The van der Waals surface area contributed by atoms with E-state index in [1.807, 2.05) is 6.92 Å². The van der Waals surface area contributed by atoms with Gasteiger partial charge in [0.15, 0.2) is 0 Å². The molecule has 1 heterocycles. The summed E-state index contributed by atoms with van der Waals surface area (Å²) in [6, 6.07) is 9.48. The van der Waals surface area contributed by atoms with Crippen LogP contribution in [0.3, 0.4) is 0 Å². The minimum absolute atomic E-state index is 0.159. The molecule has 0 radical (unpaired) electrons. The molecule has 7 heteroatoms. The van der Waals surface area contributed by atoms with Crippen molar-refractivity contribution in [3.8, 4) is 0 Å². The van der Waals surface area contributed by atoms with Crippen LogP contribution in [-0.4, -0.2) is 19.5 Å². The third kappa shape index (κ3) is 3.88. The zero-order valence-electron chi connectivity index (χ0n) is 12.0. The average molecular weight is 323 g/mol. The second-order valence-electron chi connectivity index (χ2n) is 4.88. The maximum Gasteiger partial charge on any atom is 0.306 e. The molecule has 2 aromatic rings. The molecule has 0 bridgehead atoms. The van der Waals surface area contributed by atoms with Crippen molar-refractivity contribution < 1.29 is 22.7 Å². The highest BCUT2D eigenvalue weighted by Crippen LogP contribution is 2.19. The van der Waals surface area contributed by atoms with Gasteiger partial charge in [-0.1, -0.05) is 19.1 Å². The van der Waals surface area contributed by atoms with E-state index >= 15 is 0 Å². The number of carbonyl (C=O) groups is 1. The lowest BCUT2D eigenvalue weighted by Gasteiger charge is -2.10. The lowest BCUT2D eigenvalue weighted by Crippen LogP contribution is -2.15. The maximum atomic E-state index is 12.0. The molecule has 2 N–H and O–H groups in total. The predicted octanol–water partition coefficient (Wildman–Crippen LogP) is 2.73. The quantitative estimate of drug-likeness (QED) is 0.816. The standard InChI is InChI=1S/C15H17NO5S/c1-2-12(15(17)18)10-11-5-7-13(8-6-11)16-22(19,20)14-4-3-9-21-14/h3-9,12,16H,2,10H2,1H3,(H,17,18)/t12-/m0/s1. The van der Waals surface area contributed by atoms with Crippen molar-refractivity contribution in [2.75, 3.05) is 4.72 Å². The summed E-state index contributed by atoms with van der Waals surface area (Å²) in [5, 5.41) is 8.89. The van der Waals surface area contributed by atoms with Crippen molar-refractivity contribution in [3.05, 3.63) is 48.2 Å². The van der Waals surface area contributed by atoms with Gasteiger partial charge in [0, 0.05) is 5.69 Å². The molecule has 1 aromatic carbocycles. The molecule has 0 aliphatic heterocycles. The first-order valence-electron chi connectivity index (χ1n) is 6.80. The number of nitrogens with one attached hydrogen (secondary N) is 1. The molecule has 0 aliphatic rings. The molecule has 2 rings (SSSR count). The highest BCUT2D eigenvalue weighted by Gasteiger charge is 2.18. The molecular formula is C15H17NO5S. The van der Waals surface area contributed by atoms with Gasteiger partial charge in [0.1, 0.15) is 0 Å². The number of benzene rings is 1. The minimum Gasteiger partial charge on any atom is -0.481 e. The van der Waals surface area contributed by atoms with Crippen molar-refractivity contribution in [2.24, 2.45) is 5.92 Å². The monoisotopic (exact) mass is 323 g/mol. The fourth-order valence-corrected chi connectivity index (χ4v) is 3.01. The van der Waals surface area contributed by atoms with Crippen LogP contribution in [0.2, 0.25) is 0 Å². The van der Waals surface area contributed by atoms with Crippen LogP contribution in [0.5, 0.6) is 0 Å². The van der Waals surface area contributed by atoms with Crippen molar-refractivity contribution in [3.63, 3.8) is 0 Å². The Morgan fingerprint density at radius 3 is 2.45 bits per heavy atom. The number of furan rings is 1. The molecule has 118 valence electrons. The molecule has 22 heavy (non-hydrogen) atoms. The number of hydrogen-bond donors (Lipinski definition) is 2. The Morgan fingerprint density at radius 1 is 1.27 bits per heavy atom. The van der Waals surface area contributed by atoms with Crippen molar-refractivity contribution in [1.82, 2.24) is 0 Å². The summed E-state index contributed by atoms with van der Waals surface area (Å²) in [5.74, 6) is -1.27. The number of aliphatic carboxylic acids is 1. The Kier molecular flexibility index (Phi) is 4.87. The molecule has 1 atom stereocenters. The van der Waals surface area contributed by atoms with Crippen LogP contribution in [-0.2, 0) is 21.2 Å². The van der Waals surface area contributed by atoms with E-state index in [4.69, 9.17) is 9.52 Å². The summed E-state index contributed by atoms with van der Waals surface area (Å²) in [6.45, 7) is 1.82. The summed E-state index contributed by atoms with van der Waals surface area (Å²) in [6.07, 6.45) is 2.24. The molecule has 6 nitrogen and oxygen atoms in total. The van der Waals surface area contributed by atoms with E-state index in [1.54, 1.807) is 24.3 Å². The van der Waals surface area contributed by atoms with Gasteiger partial charge in [0.2, 0.25) is 5.09 Å². The SMILES string of the molecule is CC[C@@H](Cc1ccc(NS(=O)(=O)c2ccco2)cc1)C(=O)O. The molecule has 0 aliphatic carbocycles. The number of rotatable bonds is 7. The minimum atomic E-state index is -3.73. The first kappa shape index (κ1) is 16.1. The van der Waals surface area contributed by atoms with Crippen molar-refractivity contribution in [1.29, 1.82) is 0 Å². The van der Waals surface area contributed by atoms with Crippen LogP contribution in [0.1, 0.15) is 18.9 Å². The molecule has 1 aromatic heterocycles. The second-order valence-corrected chi connectivity index (χ2v) is 6.50. The largest absolute Gasteiger partial charge is 0.481 e. The number of carboxylic acid groups (broad SMARTS) is 1. The fourth-order valence-electron chi connectivity index (χ4n) is 2.02. The zero-order chi connectivity index (χ0) is 16.2. The van der Waals surface area contributed by atoms with Crippen molar-refractivity contribution in [2.45, 2.75) is 24.9 Å². The average Bonchev–Trinajstić information content (AvgIpc) is 3.01. The smallest absolute Gasteiger partial charge is 0.306 e. The van der Waals surface area contributed by atoms with Crippen LogP contribution in [0, 0.1) is 5.92 Å². The van der Waals surface area contributed by atoms with E-state index in [9.17, 15) is 13.2 Å². The summed E-state index contributed by atoms with van der Waals surface area (Å²) < 4.78 is 31.2. The van der Waals surface area contributed by atoms with Gasteiger partial charge in [0.25, 0.3) is 10.0 Å². The lowest BCUT2D eigenvalue weighted by molar-refractivity contribution is -0.141. The maximum absolute atomic E-state index is 12.0. The van der Waals surface area contributed by atoms with E-state index in [1.165, 1.54) is 18.4 Å². The Hall–Kier alpha value is -2.28. The molecule has 0 saturated carbocycles. The second kappa shape index (κ2) is 6.65. The predicted molar refractivity (Wildman–Crippen MR) is 81.1 cm³/mol. The topological polar surface area (TPSA) is 96.6 Å².